The van der Waals surface area contributed by atoms with E-state index in [2.05, 4.69) is 26.1 Å². The molecule has 1 fully saturated rings. The number of carbonyl (C=O) groups is 1. The zero-order chi connectivity index (χ0) is 11.3. The van der Waals surface area contributed by atoms with Crippen LogP contribution in [0.4, 0.5) is 0 Å². The van der Waals surface area contributed by atoms with Gasteiger partial charge in [0.05, 0.1) is 16.6 Å². The number of fused-ring (bicyclic) bond motifs is 1. The first-order chi connectivity index (χ1) is 7.63. The number of nitrogens with two attached hydrogens (primary N) is 1. The quantitative estimate of drug-likeness (QED) is 0.881. The van der Waals surface area contributed by atoms with Crippen LogP contribution in [0.1, 0.15) is 18.5 Å². The molecule has 3 N–H and O–H groups in total. The van der Waals surface area contributed by atoms with E-state index in [1.54, 1.807) is 0 Å². The largest absolute Gasteiger partial charge is 0.369 e. The summed E-state index contributed by atoms with van der Waals surface area (Å²) in [5, 5.41) is 8.14. The zero-order valence-corrected chi connectivity index (χ0v) is 10.0. The number of amides is 1. The van der Waals surface area contributed by atoms with E-state index < -0.39 is 5.41 Å². The van der Waals surface area contributed by atoms with Gasteiger partial charge in [-0.15, -0.1) is 0 Å². The summed E-state index contributed by atoms with van der Waals surface area (Å²) in [6.07, 6.45) is 1.63. The summed E-state index contributed by atoms with van der Waals surface area (Å²) in [6, 6.07) is 5.83. The molecule has 82 valence electrons. The second-order valence-corrected chi connectivity index (χ2v) is 5.12. The maximum absolute atomic E-state index is 11.5. The maximum atomic E-state index is 11.5. The molecule has 0 bridgehead atoms. The molecular weight excluding hydrogens is 270 g/mol. The Balaban J connectivity index is 2.22. The summed E-state index contributed by atoms with van der Waals surface area (Å²) >= 11 is 3.39. The number of nitrogens with zero attached hydrogens (tertiary/aromatic N) is 1. The average molecular weight is 280 g/mol. The highest BCUT2D eigenvalue weighted by Gasteiger charge is 2.52. The summed E-state index contributed by atoms with van der Waals surface area (Å²) < 4.78 is 0.974. The Kier molecular flexibility index (Phi) is 1.89. The third-order valence-corrected chi connectivity index (χ3v) is 3.71. The summed E-state index contributed by atoms with van der Waals surface area (Å²) in [7, 11) is 0. The lowest BCUT2D eigenvalue weighted by atomic mass is 9.98. The van der Waals surface area contributed by atoms with Gasteiger partial charge in [0.15, 0.2) is 0 Å². The lowest BCUT2D eigenvalue weighted by molar-refractivity contribution is -0.120. The van der Waals surface area contributed by atoms with Crippen LogP contribution in [0.15, 0.2) is 22.7 Å². The van der Waals surface area contributed by atoms with Crippen molar-refractivity contribution in [2.45, 2.75) is 18.3 Å². The first kappa shape index (κ1) is 9.84. The predicted octanol–water partition coefficient (Wildman–Crippen LogP) is 1.84. The van der Waals surface area contributed by atoms with Crippen LogP contribution in [0.2, 0.25) is 0 Å². The van der Waals surface area contributed by atoms with Crippen LogP contribution in [-0.4, -0.2) is 16.1 Å². The summed E-state index contributed by atoms with van der Waals surface area (Å²) in [5.41, 5.74) is 6.67. The number of benzene rings is 1. The number of rotatable bonds is 2. The van der Waals surface area contributed by atoms with Crippen LogP contribution < -0.4 is 5.73 Å². The number of carbonyl (C=O) groups excluding carboxylic acids is 1. The maximum Gasteiger partial charge on any atom is 0.229 e. The molecule has 1 amide bonds. The summed E-state index contributed by atoms with van der Waals surface area (Å²) in [6.45, 7) is 0. The van der Waals surface area contributed by atoms with Crippen LogP contribution in [-0.2, 0) is 10.2 Å². The van der Waals surface area contributed by atoms with Crippen molar-refractivity contribution in [3.05, 3.63) is 28.4 Å². The number of hydrogen-bond acceptors (Lipinski definition) is 2. The molecule has 1 saturated carbocycles. The Morgan fingerprint density at radius 3 is 2.88 bits per heavy atom. The molecule has 1 aromatic carbocycles. The molecule has 2 aromatic rings. The molecule has 5 heteroatoms. The topological polar surface area (TPSA) is 71.8 Å². The predicted molar refractivity (Wildman–Crippen MR) is 63.9 cm³/mol. The minimum Gasteiger partial charge on any atom is -0.369 e. The second kappa shape index (κ2) is 3.07. The molecule has 4 nitrogen and oxygen atoms in total. The van der Waals surface area contributed by atoms with Gasteiger partial charge in [0.1, 0.15) is 0 Å². The molecule has 0 spiro atoms. The van der Waals surface area contributed by atoms with Gasteiger partial charge >= 0.3 is 0 Å². The van der Waals surface area contributed by atoms with Crippen molar-refractivity contribution in [3.8, 4) is 0 Å². The van der Waals surface area contributed by atoms with E-state index in [-0.39, 0.29) is 5.91 Å². The molecule has 16 heavy (non-hydrogen) atoms. The van der Waals surface area contributed by atoms with Crippen molar-refractivity contribution in [2.75, 3.05) is 0 Å². The van der Waals surface area contributed by atoms with Crippen LogP contribution in [0.25, 0.3) is 10.9 Å². The third kappa shape index (κ3) is 1.21. The van der Waals surface area contributed by atoms with Crippen molar-refractivity contribution >= 4 is 32.7 Å². The fraction of sp³-hybridized carbons (Fsp3) is 0.273. The number of primary amides is 1. The van der Waals surface area contributed by atoms with Crippen LogP contribution in [0, 0.1) is 0 Å². The fourth-order valence-corrected chi connectivity index (χ4v) is 2.44. The molecule has 1 aliphatic rings. The van der Waals surface area contributed by atoms with Gasteiger partial charge in [-0.25, -0.2) is 0 Å². The Morgan fingerprint density at radius 1 is 1.50 bits per heavy atom. The lowest BCUT2D eigenvalue weighted by Gasteiger charge is -2.08. The number of hydrogen-bond donors (Lipinski definition) is 2. The highest BCUT2D eigenvalue weighted by molar-refractivity contribution is 9.10. The molecule has 0 aliphatic heterocycles. The zero-order valence-electron chi connectivity index (χ0n) is 8.46. The Bertz CT molecular complexity index is 586. The normalized spacial score (nSPS) is 17.6. The van der Waals surface area contributed by atoms with Gasteiger partial charge in [-0.05, 0) is 31.0 Å². The summed E-state index contributed by atoms with van der Waals surface area (Å²) in [5.74, 6) is -0.263. The van der Waals surface area contributed by atoms with Gasteiger partial charge in [0.25, 0.3) is 0 Å². The molecule has 3 rings (SSSR count). The Labute approximate surface area is 100 Å². The van der Waals surface area contributed by atoms with Crippen molar-refractivity contribution in [1.29, 1.82) is 0 Å². The van der Waals surface area contributed by atoms with Gasteiger partial charge in [-0.2, -0.15) is 5.10 Å². The van der Waals surface area contributed by atoms with E-state index >= 15 is 0 Å². The highest BCUT2D eigenvalue weighted by Crippen LogP contribution is 2.49. The number of nitrogens with one attached hydrogen (secondary N) is 1. The highest BCUT2D eigenvalue weighted by atomic mass is 79.9. The monoisotopic (exact) mass is 279 g/mol. The number of aromatic amines is 1. The van der Waals surface area contributed by atoms with Crippen LogP contribution in [0.5, 0.6) is 0 Å². The molecule has 0 saturated heterocycles. The number of halogens is 1. The van der Waals surface area contributed by atoms with Gasteiger partial charge in [-0.1, -0.05) is 15.9 Å². The van der Waals surface area contributed by atoms with Crippen molar-refractivity contribution in [1.82, 2.24) is 10.2 Å². The molecule has 0 unspecified atom stereocenters. The van der Waals surface area contributed by atoms with Crippen LogP contribution in [0.3, 0.4) is 0 Å². The lowest BCUT2D eigenvalue weighted by Crippen LogP contribution is -2.28. The first-order valence-corrected chi connectivity index (χ1v) is 5.87. The second-order valence-electron chi connectivity index (χ2n) is 4.21. The van der Waals surface area contributed by atoms with Gasteiger partial charge < -0.3 is 5.73 Å². The van der Waals surface area contributed by atoms with Gasteiger partial charge in [-0.3, -0.25) is 9.89 Å². The van der Waals surface area contributed by atoms with E-state index in [1.807, 2.05) is 18.2 Å². The van der Waals surface area contributed by atoms with E-state index in [9.17, 15) is 4.79 Å². The van der Waals surface area contributed by atoms with Crippen LogP contribution >= 0.6 is 15.9 Å². The van der Waals surface area contributed by atoms with E-state index in [4.69, 9.17) is 5.73 Å². The third-order valence-electron chi connectivity index (χ3n) is 3.22. The molecule has 1 heterocycles. The molecule has 1 aliphatic carbocycles. The smallest absolute Gasteiger partial charge is 0.229 e. The van der Waals surface area contributed by atoms with E-state index in [1.165, 1.54) is 0 Å². The summed E-state index contributed by atoms with van der Waals surface area (Å²) in [4.78, 5) is 11.5. The van der Waals surface area contributed by atoms with Crippen molar-refractivity contribution < 1.29 is 4.79 Å². The van der Waals surface area contributed by atoms with E-state index in [0.717, 1.165) is 33.9 Å². The van der Waals surface area contributed by atoms with Gasteiger partial charge in [0, 0.05) is 9.86 Å². The molecule has 1 aromatic heterocycles. The SMILES string of the molecule is NC(=O)C1(c2[nH]nc3cc(Br)ccc23)CC1. The minimum absolute atomic E-state index is 0.263. The molecule has 0 atom stereocenters. The van der Waals surface area contributed by atoms with Crippen molar-refractivity contribution in [3.63, 3.8) is 0 Å². The minimum atomic E-state index is -0.497. The fourth-order valence-electron chi connectivity index (χ4n) is 2.09. The first-order valence-electron chi connectivity index (χ1n) is 5.07. The molecular formula is C11H10BrN3O. The standard InChI is InChI=1S/C11H10BrN3O/c12-6-1-2-7-8(5-6)14-15-9(7)11(3-4-11)10(13)16/h1-2,5H,3-4H2,(H2,13,16)(H,14,15). The Hall–Kier alpha value is -1.36. The van der Waals surface area contributed by atoms with Gasteiger partial charge in [0.2, 0.25) is 5.91 Å². The van der Waals surface area contributed by atoms with Crippen molar-refractivity contribution in [2.24, 2.45) is 5.73 Å². The number of aromatic nitrogens is 2. The Morgan fingerprint density at radius 2 is 2.25 bits per heavy atom. The average Bonchev–Trinajstić information content (AvgIpc) is 2.94. The van der Waals surface area contributed by atoms with E-state index in [0.29, 0.717) is 0 Å². The molecule has 0 radical (unpaired) electrons. The number of H-pyrrole nitrogens is 1.